The fraction of sp³-hybridized carbons (Fsp3) is 0.710. The molecule has 10 heteroatoms. The molecule has 9 nitrogen and oxygen atoms in total. The molecule has 0 unspecified atom stereocenters. The number of sulfone groups is 1. The highest BCUT2D eigenvalue weighted by Gasteiger charge is 2.48. The fourth-order valence-electron chi connectivity index (χ4n) is 5.69. The summed E-state index contributed by atoms with van der Waals surface area (Å²) < 4.78 is 50.9. The van der Waals surface area contributed by atoms with E-state index in [1.165, 1.54) is 7.11 Å². The number of hydrogen-bond acceptors (Lipinski definition) is 9. The predicted octanol–water partition coefficient (Wildman–Crippen LogP) is 3.71. The Hall–Kier alpha value is -1.82. The van der Waals surface area contributed by atoms with Crippen LogP contribution in [0, 0.1) is 17.3 Å². The van der Waals surface area contributed by atoms with Gasteiger partial charge in [-0.2, -0.15) is 0 Å². The lowest BCUT2D eigenvalue weighted by Gasteiger charge is -2.38. The van der Waals surface area contributed by atoms with Gasteiger partial charge in [-0.05, 0) is 63.7 Å². The van der Waals surface area contributed by atoms with Crippen LogP contribution in [0.25, 0.3) is 0 Å². The number of aliphatic hydroxyl groups is 2. The van der Waals surface area contributed by atoms with Crippen LogP contribution in [0.15, 0.2) is 47.4 Å². The molecular formula is C31H48O9S. The number of methoxy groups -OCH3 is 1. The number of ether oxygens (including phenoxy) is 4. The highest BCUT2D eigenvalue weighted by atomic mass is 32.2. The summed E-state index contributed by atoms with van der Waals surface area (Å²) >= 11 is 0. The zero-order chi connectivity index (χ0) is 30.4. The Morgan fingerprint density at radius 2 is 1.85 bits per heavy atom. The second-order valence-electron chi connectivity index (χ2n) is 12.5. The van der Waals surface area contributed by atoms with E-state index in [4.69, 9.17) is 18.9 Å². The lowest BCUT2D eigenvalue weighted by molar-refractivity contribution is -0.153. The quantitative estimate of drug-likeness (QED) is 0.199. The molecule has 0 amide bonds. The second-order valence-corrected chi connectivity index (χ2v) is 14.5. The Bertz CT molecular complexity index is 1100. The summed E-state index contributed by atoms with van der Waals surface area (Å²) in [6.45, 7) is 11.8. The standard InChI is InChI=1S/C31H48O9S/c1-20-15-23(11-10-14-38-30(34)31(3,4)5)39-26(21(20)2)17-27-25(19-41(35,36)24-12-8-7-9-13-24)29(37-6)28(40-27)16-22(33)18-32/h7-9,12-13,20,22-23,25-29,32-33H,2,10-11,14-19H2,1,3-6H3/t20-,22+,23+,25+,26-,27+,28-,29-/m1/s1. The van der Waals surface area contributed by atoms with E-state index in [1.54, 1.807) is 30.3 Å². The Kier molecular flexibility index (Phi) is 12.0. The molecule has 232 valence electrons. The average Bonchev–Trinajstić information content (AvgIpc) is 3.23. The van der Waals surface area contributed by atoms with E-state index >= 15 is 0 Å². The van der Waals surface area contributed by atoms with Gasteiger partial charge in [0, 0.05) is 25.9 Å². The largest absolute Gasteiger partial charge is 0.465 e. The summed E-state index contributed by atoms with van der Waals surface area (Å²) in [5.74, 6) is -0.757. The Labute approximate surface area is 245 Å². The lowest BCUT2D eigenvalue weighted by atomic mass is 9.83. The van der Waals surface area contributed by atoms with E-state index in [0.29, 0.717) is 19.4 Å². The first-order valence-corrected chi connectivity index (χ1v) is 16.2. The maximum atomic E-state index is 13.4. The summed E-state index contributed by atoms with van der Waals surface area (Å²) in [4.78, 5) is 12.3. The summed E-state index contributed by atoms with van der Waals surface area (Å²) in [6.07, 6.45) is -0.461. The van der Waals surface area contributed by atoms with Gasteiger partial charge in [-0.25, -0.2) is 8.42 Å². The van der Waals surface area contributed by atoms with Crippen LogP contribution in [0.4, 0.5) is 0 Å². The van der Waals surface area contributed by atoms with E-state index in [-0.39, 0.29) is 41.2 Å². The molecule has 2 aliphatic heterocycles. The summed E-state index contributed by atoms with van der Waals surface area (Å²) in [6, 6.07) is 8.30. The van der Waals surface area contributed by atoms with Crippen molar-refractivity contribution in [1.82, 2.24) is 0 Å². The van der Waals surface area contributed by atoms with Crippen molar-refractivity contribution in [1.29, 1.82) is 0 Å². The van der Waals surface area contributed by atoms with Crippen molar-refractivity contribution >= 4 is 15.8 Å². The molecule has 2 N–H and O–H groups in total. The molecular weight excluding hydrogens is 548 g/mol. The van der Waals surface area contributed by atoms with Gasteiger partial charge in [-0.3, -0.25) is 4.79 Å². The monoisotopic (exact) mass is 596 g/mol. The molecule has 2 heterocycles. The molecule has 41 heavy (non-hydrogen) atoms. The normalized spacial score (nSPS) is 29.8. The van der Waals surface area contributed by atoms with E-state index < -0.39 is 52.2 Å². The van der Waals surface area contributed by atoms with Crippen LogP contribution in [0.2, 0.25) is 0 Å². The number of carbonyl (C=O) groups excluding carboxylic acids is 1. The lowest BCUT2D eigenvalue weighted by Crippen LogP contribution is -2.40. The van der Waals surface area contributed by atoms with Gasteiger partial charge >= 0.3 is 5.97 Å². The molecule has 0 bridgehead atoms. The Morgan fingerprint density at radius 1 is 1.17 bits per heavy atom. The third-order valence-electron chi connectivity index (χ3n) is 8.10. The minimum atomic E-state index is -3.66. The summed E-state index contributed by atoms with van der Waals surface area (Å²) in [5.41, 5.74) is 0.386. The van der Waals surface area contributed by atoms with Crippen LogP contribution >= 0.6 is 0 Å². The minimum Gasteiger partial charge on any atom is -0.465 e. The molecule has 0 aromatic heterocycles. The van der Waals surface area contributed by atoms with E-state index in [1.807, 2.05) is 20.8 Å². The van der Waals surface area contributed by atoms with Gasteiger partial charge in [0.1, 0.15) is 0 Å². The van der Waals surface area contributed by atoms with Crippen molar-refractivity contribution in [2.75, 3.05) is 26.1 Å². The predicted molar refractivity (Wildman–Crippen MR) is 155 cm³/mol. The number of aliphatic hydroxyl groups excluding tert-OH is 2. The first-order valence-electron chi connectivity index (χ1n) is 14.5. The van der Waals surface area contributed by atoms with E-state index in [0.717, 1.165) is 18.4 Å². The third kappa shape index (κ3) is 9.08. The van der Waals surface area contributed by atoms with Crippen molar-refractivity contribution in [2.45, 2.75) is 101 Å². The molecule has 3 rings (SSSR count). The SMILES string of the molecule is C=C1[C@H](C)C[C@H](CCCOC(=O)C(C)(C)C)O[C@@H]1C[C@@H]1O[C@H](C[C@H](O)CO)[C@H](OC)[C@H]1CS(=O)(=O)c1ccccc1. The zero-order valence-corrected chi connectivity index (χ0v) is 25.8. The molecule has 0 aliphatic carbocycles. The van der Waals surface area contributed by atoms with Crippen LogP contribution in [0.3, 0.4) is 0 Å². The van der Waals surface area contributed by atoms with Crippen molar-refractivity contribution in [3.63, 3.8) is 0 Å². The van der Waals surface area contributed by atoms with Gasteiger partial charge < -0.3 is 29.2 Å². The van der Waals surface area contributed by atoms with Crippen molar-refractivity contribution < 1.29 is 42.4 Å². The number of esters is 1. The molecule has 2 fully saturated rings. The van der Waals surface area contributed by atoms with Gasteiger partial charge in [0.2, 0.25) is 0 Å². The second kappa shape index (κ2) is 14.6. The topological polar surface area (TPSA) is 129 Å². The van der Waals surface area contributed by atoms with Crippen LogP contribution < -0.4 is 0 Å². The summed E-state index contributed by atoms with van der Waals surface area (Å²) in [7, 11) is -2.15. The average molecular weight is 597 g/mol. The number of carbonyl (C=O) groups is 1. The fourth-order valence-corrected chi connectivity index (χ4v) is 7.37. The van der Waals surface area contributed by atoms with Crippen LogP contribution in [0.1, 0.15) is 59.8 Å². The zero-order valence-electron chi connectivity index (χ0n) is 25.0. The van der Waals surface area contributed by atoms with Gasteiger partial charge in [0.05, 0.1) is 65.9 Å². The maximum absolute atomic E-state index is 13.4. The van der Waals surface area contributed by atoms with Gasteiger partial charge in [-0.15, -0.1) is 0 Å². The van der Waals surface area contributed by atoms with Gasteiger partial charge in [-0.1, -0.05) is 31.7 Å². The van der Waals surface area contributed by atoms with Crippen molar-refractivity contribution in [3.05, 3.63) is 42.5 Å². The smallest absolute Gasteiger partial charge is 0.311 e. The molecule has 8 atom stereocenters. The van der Waals surface area contributed by atoms with Gasteiger partial charge in [0.15, 0.2) is 9.84 Å². The number of benzene rings is 1. The highest BCUT2D eigenvalue weighted by Crippen LogP contribution is 2.40. The molecule has 2 saturated heterocycles. The molecule has 0 radical (unpaired) electrons. The molecule has 0 saturated carbocycles. The van der Waals surface area contributed by atoms with Crippen LogP contribution in [-0.4, -0.2) is 87.3 Å². The molecule has 0 spiro atoms. The molecule has 2 aliphatic rings. The van der Waals surface area contributed by atoms with Gasteiger partial charge in [0.25, 0.3) is 0 Å². The van der Waals surface area contributed by atoms with E-state index in [9.17, 15) is 23.4 Å². The first kappa shape index (κ1) is 33.7. The number of hydrogen-bond donors (Lipinski definition) is 2. The maximum Gasteiger partial charge on any atom is 0.311 e. The van der Waals surface area contributed by atoms with E-state index in [2.05, 4.69) is 13.5 Å². The van der Waals surface area contributed by atoms with Crippen molar-refractivity contribution in [3.8, 4) is 0 Å². The Balaban J connectivity index is 1.74. The van der Waals surface area contributed by atoms with Crippen LogP contribution in [0.5, 0.6) is 0 Å². The Morgan fingerprint density at radius 3 is 2.46 bits per heavy atom. The van der Waals surface area contributed by atoms with Crippen molar-refractivity contribution in [2.24, 2.45) is 17.3 Å². The first-order chi connectivity index (χ1) is 19.3. The highest BCUT2D eigenvalue weighted by molar-refractivity contribution is 7.91. The minimum absolute atomic E-state index is 0.0630. The molecule has 1 aromatic rings. The number of rotatable bonds is 13. The molecule has 1 aromatic carbocycles. The summed E-state index contributed by atoms with van der Waals surface area (Å²) in [5, 5.41) is 19.6. The third-order valence-corrected chi connectivity index (χ3v) is 9.91. The van der Waals surface area contributed by atoms with Crippen LogP contribution in [-0.2, 0) is 33.6 Å².